The highest BCUT2D eigenvalue weighted by Gasteiger charge is 2.20. The number of rotatable bonds is 2. The van der Waals surface area contributed by atoms with E-state index in [9.17, 15) is 4.79 Å². The van der Waals surface area contributed by atoms with Crippen LogP contribution in [-0.4, -0.2) is 23.5 Å². The maximum absolute atomic E-state index is 12.1. The van der Waals surface area contributed by atoms with Gasteiger partial charge in [0.15, 0.2) is 0 Å². The summed E-state index contributed by atoms with van der Waals surface area (Å²) < 4.78 is 0. The Morgan fingerprint density at radius 2 is 2.05 bits per heavy atom. The maximum Gasteiger partial charge on any atom is 0.241 e. The second-order valence-electron chi connectivity index (χ2n) is 4.91. The molecule has 21 heavy (non-hydrogen) atoms. The quantitative estimate of drug-likeness (QED) is 0.890. The van der Waals surface area contributed by atoms with Crippen LogP contribution in [0.25, 0.3) is 10.9 Å². The summed E-state index contributed by atoms with van der Waals surface area (Å²) in [6.45, 7) is 0.925. The van der Waals surface area contributed by atoms with Gasteiger partial charge >= 0.3 is 0 Å². The van der Waals surface area contributed by atoms with Crippen LogP contribution >= 0.6 is 24.8 Å². The summed E-state index contributed by atoms with van der Waals surface area (Å²) in [6, 6.07) is 9.78. The Morgan fingerprint density at radius 1 is 1.24 bits per heavy atom. The molecule has 0 aliphatic carbocycles. The largest absolute Gasteiger partial charge is 0.323 e. The number of para-hydroxylation sites is 1. The number of hydrogen-bond donors (Lipinski definition) is 2. The van der Waals surface area contributed by atoms with Gasteiger partial charge in [0.1, 0.15) is 0 Å². The lowest BCUT2D eigenvalue weighted by Gasteiger charge is -2.22. The lowest BCUT2D eigenvalue weighted by Crippen LogP contribution is -2.43. The number of benzene rings is 1. The van der Waals surface area contributed by atoms with Gasteiger partial charge in [-0.25, -0.2) is 0 Å². The molecule has 2 aromatic rings. The van der Waals surface area contributed by atoms with Gasteiger partial charge in [0.25, 0.3) is 0 Å². The number of hydrogen-bond acceptors (Lipinski definition) is 3. The molecule has 1 aromatic carbocycles. The van der Waals surface area contributed by atoms with Crippen LogP contribution in [0.4, 0.5) is 5.69 Å². The highest BCUT2D eigenvalue weighted by Crippen LogP contribution is 2.17. The maximum atomic E-state index is 12.1. The highest BCUT2D eigenvalue weighted by atomic mass is 35.5. The molecule has 4 nitrogen and oxygen atoms in total. The summed E-state index contributed by atoms with van der Waals surface area (Å²) in [4.78, 5) is 16.4. The summed E-state index contributed by atoms with van der Waals surface area (Å²) in [5.41, 5.74) is 1.70. The Labute approximate surface area is 136 Å². The summed E-state index contributed by atoms with van der Waals surface area (Å²) in [7, 11) is 0. The summed E-state index contributed by atoms with van der Waals surface area (Å²) in [6.07, 6.45) is 4.89. The molecule has 0 spiro atoms. The average Bonchev–Trinajstić information content (AvgIpc) is 2.48. The fourth-order valence-corrected chi connectivity index (χ4v) is 2.44. The number of fused-ring (bicyclic) bond motifs is 1. The molecule has 1 amide bonds. The Hall–Kier alpha value is -1.36. The monoisotopic (exact) mass is 327 g/mol. The summed E-state index contributed by atoms with van der Waals surface area (Å²) >= 11 is 0. The predicted octanol–water partition coefficient (Wildman–Crippen LogP) is 3.16. The van der Waals surface area contributed by atoms with E-state index in [1.165, 1.54) is 0 Å². The third kappa shape index (κ3) is 4.30. The SMILES string of the molecule is Cl.Cl.O=C(Nc1cnc2ccccc2c1)C1CCCCN1. The van der Waals surface area contributed by atoms with E-state index in [0.29, 0.717) is 0 Å². The number of anilines is 1. The number of piperidine rings is 1. The molecule has 3 rings (SSSR count). The second-order valence-corrected chi connectivity index (χ2v) is 4.91. The average molecular weight is 328 g/mol. The normalized spacial score (nSPS) is 17.4. The zero-order chi connectivity index (χ0) is 13.1. The predicted molar refractivity (Wildman–Crippen MR) is 90.5 cm³/mol. The van der Waals surface area contributed by atoms with Crippen LogP contribution in [0.3, 0.4) is 0 Å². The van der Waals surface area contributed by atoms with Crippen molar-refractivity contribution in [1.82, 2.24) is 10.3 Å². The summed E-state index contributed by atoms with van der Waals surface area (Å²) in [5.74, 6) is 0.0387. The topological polar surface area (TPSA) is 54.0 Å². The van der Waals surface area contributed by atoms with Gasteiger partial charge in [0.05, 0.1) is 23.4 Å². The Bertz CT molecular complexity index is 600. The minimum absolute atomic E-state index is 0. The smallest absolute Gasteiger partial charge is 0.241 e. The van der Waals surface area contributed by atoms with Gasteiger partial charge in [-0.05, 0) is 31.5 Å². The van der Waals surface area contributed by atoms with Gasteiger partial charge in [-0.2, -0.15) is 0 Å². The van der Waals surface area contributed by atoms with Crippen molar-refractivity contribution in [1.29, 1.82) is 0 Å². The van der Waals surface area contributed by atoms with Crippen molar-refractivity contribution in [3.05, 3.63) is 36.5 Å². The third-order valence-corrected chi connectivity index (χ3v) is 3.48. The molecule has 1 fully saturated rings. The van der Waals surface area contributed by atoms with E-state index in [-0.39, 0.29) is 36.8 Å². The van der Waals surface area contributed by atoms with Crippen molar-refractivity contribution >= 4 is 47.3 Å². The lowest BCUT2D eigenvalue weighted by atomic mass is 10.0. The fourth-order valence-electron chi connectivity index (χ4n) is 2.44. The number of aromatic nitrogens is 1. The van der Waals surface area contributed by atoms with E-state index in [1.807, 2.05) is 30.3 Å². The molecule has 0 saturated carbocycles. The van der Waals surface area contributed by atoms with Crippen molar-refractivity contribution in [3.8, 4) is 0 Å². The van der Waals surface area contributed by atoms with E-state index in [4.69, 9.17) is 0 Å². The number of amides is 1. The standard InChI is InChI=1S/C15H17N3O.2ClH/c19-15(14-7-3-4-8-16-14)18-12-9-11-5-1-2-6-13(11)17-10-12;;/h1-2,5-6,9-10,14,16H,3-4,7-8H2,(H,18,19);2*1H. The number of carbonyl (C=O) groups excluding carboxylic acids is 1. The minimum Gasteiger partial charge on any atom is -0.323 e. The van der Waals surface area contributed by atoms with Crippen LogP contribution < -0.4 is 10.6 Å². The molecule has 1 aromatic heterocycles. The molecule has 2 N–H and O–H groups in total. The van der Waals surface area contributed by atoms with E-state index in [2.05, 4.69) is 15.6 Å². The van der Waals surface area contributed by atoms with Crippen LogP contribution in [-0.2, 0) is 4.79 Å². The van der Waals surface area contributed by atoms with E-state index in [0.717, 1.165) is 42.4 Å². The molecule has 114 valence electrons. The van der Waals surface area contributed by atoms with Gasteiger partial charge in [0, 0.05) is 5.39 Å². The Balaban J connectivity index is 0.00000110. The van der Waals surface area contributed by atoms with Crippen molar-refractivity contribution in [2.24, 2.45) is 0 Å². The molecule has 0 bridgehead atoms. The van der Waals surface area contributed by atoms with E-state index in [1.54, 1.807) is 6.20 Å². The lowest BCUT2D eigenvalue weighted by molar-refractivity contribution is -0.118. The molecule has 1 aliphatic rings. The van der Waals surface area contributed by atoms with Gasteiger partial charge in [-0.3, -0.25) is 9.78 Å². The first-order valence-corrected chi connectivity index (χ1v) is 6.72. The molecule has 1 unspecified atom stereocenters. The first kappa shape index (κ1) is 17.7. The Morgan fingerprint density at radius 3 is 2.81 bits per heavy atom. The molecule has 2 heterocycles. The van der Waals surface area contributed by atoms with Crippen LogP contribution in [0.1, 0.15) is 19.3 Å². The minimum atomic E-state index is -0.0692. The van der Waals surface area contributed by atoms with Crippen molar-refractivity contribution in [3.63, 3.8) is 0 Å². The Kier molecular flexibility index (Phi) is 6.89. The molecule has 1 saturated heterocycles. The van der Waals surface area contributed by atoms with Gasteiger partial charge < -0.3 is 10.6 Å². The van der Waals surface area contributed by atoms with E-state index >= 15 is 0 Å². The van der Waals surface area contributed by atoms with Crippen LogP contribution in [0.15, 0.2) is 36.5 Å². The van der Waals surface area contributed by atoms with Crippen LogP contribution in [0, 0.1) is 0 Å². The van der Waals surface area contributed by atoms with Crippen molar-refractivity contribution in [2.45, 2.75) is 25.3 Å². The third-order valence-electron chi connectivity index (χ3n) is 3.48. The summed E-state index contributed by atoms with van der Waals surface area (Å²) in [5, 5.41) is 7.22. The molecule has 1 aliphatic heterocycles. The highest BCUT2D eigenvalue weighted by molar-refractivity contribution is 5.96. The van der Waals surface area contributed by atoms with Crippen molar-refractivity contribution < 1.29 is 4.79 Å². The molecule has 6 heteroatoms. The first-order valence-electron chi connectivity index (χ1n) is 6.72. The second kappa shape index (κ2) is 8.17. The number of nitrogens with one attached hydrogen (secondary N) is 2. The number of pyridine rings is 1. The van der Waals surface area contributed by atoms with Gasteiger partial charge in [-0.1, -0.05) is 24.6 Å². The zero-order valence-electron chi connectivity index (χ0n) is 11.5. The number of nitrogens with zero attached hydrogens (tertiary/aromatic N) is 1. The fraction of sp³-hybridized carbons (Fsp3) is 0.333. The first-order chi connectivity index (χ1) is 9.33. The number of halogens is 2. The molecular weight excluding hydrogens is 309 g/mol. The molecule has 0 radical (unpaired) electrons. The molecular formula is C15H19Cl2N3O. The molecule has 1 atom stereocenters. The van der Waals surface area contributed by atoms with Crippen molar-refractivity contribution in [2.75, 3.05) is 11.9 Å². The van der Waals surface area contributed by atoms with Gasteiger partial charge in [-0.15, -0.1) is 24.8 Å². The van der Waals surface area contributed by atoms with Crippen LogP contribution in [0.5, 0.6) is 0 Å². The van der Waals surface area contributed by atoms with E-state index < -0.39 is 0 Å². The number of carbonyl (C=O) groups is 1. The van der Waals surface area contributed by atoms with Gasteiger partial charge in [0.2, 0.25) is 5.91 Å². The zero-order valence-corrected chi connectivity index (χ0v) is 13.2. The van der Waals surface area contributed by atoms with Crippen LogP contribution in [0.2, 0.25) is 0 Å².